The zero-order valence-corrected chi connectivity index (χ0v) is 25.1. The van der Waals surface area contributed by atoms with E-state index < -0.39 is 11.6 Å². The number of nitrogens with zero attached hydrogens (tertiary/aromatic N) is 6. The highest BCUT2D eigenvalue weighted by molar-refractivity contribution is 5.78. The first-order chi connectivity index (χ1) is 20.1. The molecule has 3 aromatic rings. The number of nitrogens with one attached hydrogen (secondary N) is 1. The van der Waals surface area contributed by atoms with E-state index in [-0.39, 0.29) is 28.8 Å². The number of allylic oxidation sites excluding steroid dienone is 1. The SMILES string of the molecule is C=C(C)N(CC(C)C)c1cc(-c2nc(Nc3ccc4c(n3)CCN(C3CCN(CC)CC3)C4)ncc2F)cc(F)c1N. The molecule has 1 saturated heterocycles. The molecule has 0 amide bonds. The molecular weight excluding hydrogens is 534 g/mol. The third kappa shape index (κ3) is 6.55. The molecule has 8 nitrogen and oxygen atoms in total. The number of hydrogen-bond acceptors (Lipinski definition) is 8. The van der Waals surface area contributed by atoms with Gasteiger partial charge in [-0.1, -0.05) is 33.4 Å². The summed E-state index contributed by atoms with van der Waals surface area (Å²) in [6.07, 6.45) is 4.38. The molecule has 1 aromatic carbocycles. The molecule has 0 radical (unpaired) electrons. The molecule has 0 bridgehead atoms. The van der Waals surface area contributed by atoms with Crippen LogP contribution in [-0.4, -0.2) is 63.5 Å². The maximum atomic E-state index is 15.0. The first-order valence-electron chi connectivity index (χ1n) is 14.9. The number of piperidine rings is 1. The fraction of sp³-hybridized carbons (Fsp3) is 0.469. The Balaban J connectivity index is 1.35. The molecule has 2 aliphatic heterocycles. The van der Waals surface area contributed by atoms with Crippen LogP contribution in [0.4, 0.5) is 31.9 Å². The number of anilines is 4. The number of nitrogens with two attached hydrogens (primary N) is 1. The average molecular weight is 577 g/mol. The van der Waals surface area contributed by atoms with Crippen molar-refractivity contribution in [3.05, 3.63) is 65.6 Å². The minimum absolute atomic E-state index is 0.0153. The zero-order valence-electron chi connectivity index (χ0n) is 25.1. The Morgan fingerprint density at radius 1 is 1.14 bits per heavy atom. The molecule has 0 unspecified atom stereocenters. The predicted molar refractivity (Wildman–Crippen MR) is 166 cm³/mol. The van der Waals surface area contributed by atoms with Gasteiger partial charge in [-0.2, -0.15) is 0 Å². The molecule has 0 spiro atoms. The van der Waals surface area contributed by atoms with Gasteiger partial charge in [0.25, 0.3) is 0 Å². The Labute approximate surface area is 247 Å². The largest absolute Gasteiger partial charge is 0.395 e. The van der Waals surface area contributed by atoms with Crippen molar-refractivity contribution in [2.75, 3.05) is 48.7 Å². The van der Waals surface area contributed by atoms with Crippen LogP contribution in [0, 0.1) is 17.6 Å². The molecule has 224 valence electrons. The lowest BCUT2D eigenvalue weighted by Crippen LogP contribution is -2.46. The van der Waals surface area contributed by atoms with Crippen molar-refractivity contribution in [1.29, 1.82) is 0 Å². The van der Waals surface area contributed by atoms with Crippen molar-refractivity contribution in [3.63, 3.8) is 0 Å². The lowest BCUT2D eigenvalue weighted by atomic mass is 9.98. The standard InChI is InChI=1S/C32H42F2N8/c1-6-40-12-9-24(10-13-40)41-14-11-27-22(19-41)7-8-29(37-27)38-32-36-17-26(34)31(39-32)23-15-25(33)30(35)28(16-23)42(21(4)5)18-20(2)3/h7-8,15-17,20,24H,4,6,9-14,18-19,35H2,1-3,5H3,(H,36,37,38,39). The Kier molecular flexibility index (Phi) is 9.03. The van der Waals surface area contributed by atoms with Crippen LogP contribution in [0.15, 0.2) is 42.7 Å². The van der Waals surface area contributed by atoms with Gasteiger partial charge in [-0.05, 0) is 69.1 Å². The number of nitrogen functional groups attached to an aromatic ring is 1. The van der Waals surface area contributed by atoms with E-state index in [1.807, 2.05) is 17.9 Å². The van der Waals surface area contributed by atoms with Gasteiger partial charge < -0.3 is 20.9 Å². The van der Waals surface area contributed by atoms with E-state index in [4.69, 9.17) is 10.7 Å². The minimum atomic E-state index is -0.662. The summed E-state index contributed by atoms with van der Waals surface area (Å²) in [5.41, 5.74) is 9.77. The number of pyridine rings is 1. The van der Waals surface area contributed by atoms with Crippen molar-refractivity contribution in [2.24, 2.45) is 5.92 Å². The van der Waals surface area contributed by atoms with Gasteiger partial charge in [0, 0.05) is 49.1 Å². The lowest BCUT2D eigenvalue weighted by molar-refractivity contribution is 0.100. The van der Waals surface area contributed by atoms with E-state index >= 15 is 8.78 Å². The highest BCUT2D eigenvalue weighted by Gasteiger charge is 2.27. The average Bonchev–Trinajstić information content (AvgIpc) is 2.98. The van der Waals surface area contributed by atoms with Gasteiger partial charge in [0.15, 0.2) is 5.82 Å². The van der Waals surface area contributed by atoms with E-state index in [1.165, 1.54) is 37.6 Å². The van der Waals surface area contributed by atoms with Crippen LogP contribution in [0.1, 0.15) is 51.8 Å². The van der Waals surface area contributed by atoms with E-state index in [1.54, 1.807) is 6.07 Å². The van der Waals surface area contributed by atoms with Crippen molar-refractivity contribution in [3.8, 4) is 11.3 Å². The normalized spacial score (nSPS) is 16.5. The van der Waals surface area contributed by atoms with Crippen LogP contribution in [0.25, 0.3) is 11.3 Å². The minimum Gasteiger partial charge on any atom is -0.395 e. The Bertz CT molecular complexity index is 1430. The molecule has 42 heavy (non-hydrogen) atoms. The topological polar surface area (TPSA) is 86.4 Å². The van der Waals surface area contributed by atoms with Crippen molar-refractivity contribution in [1.82, 2.24) is 24.8 Å². The number of halogens is 2. The second kappa shape index (κ2) is 12.7. The summed E-state index contributed by atoms with van der Waals surface area (Å²) in [4.78, 5) is 20.3. The molecule has 2 aromatic heterocycles. The van der Waals surface area contributed by atoms with Gasteiger partial charge in [-0.3, -0.25) is 4.90 Å². The number of hydrogen-bond donors (Lipinski definition) is 2. The molecule has 0 atom stereocenters. The summed E-state index contributed by atoms with van der Waals surface area (Å²) in [5, 5.41) is 3.12. The van der Waals surface area contributed by atoms with E-state index in [0.717, 1.165) is 37.9 Å². The molecule has 4 heterocycles. The number of benzene rings is 1. The summed E-state index contributed by atoms with van der Waals surface area (Å²) in [7, 11) is 0. The van der Waals surface area contributed by atoms with E-state index in [9.17, 15) is 0 Å². The van der Waals surface area contributed by atoms with Crippen LogP contribution in [-0.2, 0) is 13.0 Å². The van der Waals surface area contributed by atoms with Gasteiger partial charge in [0.2, 0.25) is 5.95 Å². The van der Waals surface area contributed by atoms with Crippen LogP contribution < -0.4 is 16.0 Å². The Morgan fingerprint density at radius 3 is 2.60 bits per heavy atom. The third-order valence-corrected chi connectivity index (χ3v) is 8.26. The summed E-state index contributed by atoms with van der Waals surface area (Å²) in [5.74, 6) is -0.274. The van der Waals surface area contributed by atoms with Gasteiger partial charge in [-0.25, -0.2) is 23.7 Å². The van der Waals surface area contributed by atoms with Crippen LogP contribution in [0.3, 0.4) is 0 Å². The maximum Gasteiger partial charge on any atom is 0.229 e. The maximum absolute atomic E-state index is 15.0. The highest BCUT2D eigenvalue weighted by atomic mass is 19.1. The molecule has 10 heteroatoms. The van der Waals surface area contributed by atoms with Gasteiger partial charge in [0.05, 0.1) is 17.6 Å². The summed E-state index contributed by atoms with van der Waals surface area (Å²) < 4.78 is 30.1. The number of fused-ring (bicyclic) bond motifs is 1. The van der Waals surface area contributed by atoms with Gasteiger partial charge in [-0.15, -0.1) is 0 Å². The van der Waals surface area contributed by atoms with Crippen molar-refractivity contribution < 1.29 is 8.78 Å². The highest BCUT2D eigenvalue weighted by Crippen LogP contribution is 2.35. The molecule has 0 aliphatic carbocycles. The lowest BCUT2D eigenvalue weighted by Gasteiger charge is -2.40. The third-order valence-electron chi connectivity index (χ3n) is 8.26. The molecular formula is C32H42F2N8. The number of aromatic nitrogens is 3. The van der Waals surface area contributed by atoms with E-state index in [2.05, 4.69) is 58.5 Å². The molecule has 5 rings (SSSR count). The van der Waals surface area contributed by atoms with Crippen molar-refractivity contribution in [2.45, 2.75) is 59.5 Å². The first kappa shape index (κ1) is 29.8. The monoisotopic (exact) mass is 576 g/mol. The van der Waals surface area contributed by atoms with Crippen LogP contribution in [0.5, 0.6) is 0 Å². The zero-order chi connectivity index (χ0) is 30.0. The molecule has 0 saturated carbocycles. The smallest absolute Gasteiger partial charge is 0.229 e. The summed E-state index contributed by atoms with van der Waals surface area (Å²) in [6.45, 7) is 18.1. The van der Waals surface area contributed by atoms with Crippen LogP contribution >= 0.6 is 0 Å². The first-order valence-corrected chi connectivity index (χ1v) is 14.9. The summed E-state index contributed by atoms with van der Waals surface area (Å²) >= 11 is 0. The fourth-order valence-corrected chi connectivity index (χ4v) is 5.95. The molecule has 3 N–H and O–H groups in total. The fourth-order valence-electron chi connectivity index (χ4n) is 5.95. The number of rotatable bonds is 9. The second-order valence-corrected chi connectivity index (χ2v) is 11.8. The van der Waals surface area contributed by atoms with E-state index in [0.29, 0.717) is 29.8 Å². The van der Waals surface area contributed by atoms with Crippen LogP contribution in [0.2, 0.25) is 0 Å². The predicted octanol–water partition coefficient (Wildman–Crippen LogP) is 5.98. The van der Waals surface area contributed by atoms with Gasteiger partial charge in [0.1, 0.15) is 17.3 Å². The quantitative estimate of drug-likeness (QED) is 0.301. The summed E-state index contributed by atoms with van der Waals surface area (Å²) in [6, 6.07) is 7.49. The Hall–Kier alpha value is -3.63. The van der Waals surface area contributed by atoms with Gasteiger partial charge >= 0.3 is 0 Å². The second-order valence-electron chi connectivity index (χ2n) is 11.8. The number of likely N-dealkylation sites (tertiary alicyclic amines) is 1. The Morgan fingerprint density at radius 2 is 1.90 bits per heavy atom. The molecule has 1 fully saturated rings. The molecule has 2 aliphatic rings. The van der Waals surface area contributed by atoms with Crippen molar-refractivity contribution >= 4 is 23.1 Å².